The monoisotopic (exact) mass is 430 g/mol. The first-order chi connectivity index (χ1) is 14.3. The van der Waals surface area contributed by atoms with E-state index in [2.05, 4.69) is 17.9 Å². The van der Waals surface area contributed by atoms with Crippen molar-refractivity contribution >= 4 is 0 Å². The highest BCUT2D eigenvalue weighted by Crippen LogP contribution is 2.43. The largest absolute Gasteiger partial charge is 0.430 e. The van der Waals surface area contributed by atoms with E-state index in [1.54, 1.807) is 6.08 Å². The molecule has 0 aromatic heterocycles. The van der Waals surface area contributed by atoms with Crippen molar-refractivity contribution < 1.29 is 31.4 Å². The standard InChI is InChI=1S/C23H27F5O2/c1-3-14-5-8-16(9-6-14)17-10-11-18(20(21(17)24)22(25)26)30-23(27,28)19-12-7-15(4-2)13-29-19/h3-4,10-11,14-16,19,22H,1-2,5-9,12-13H2. The van der Waals surface area contributed by atoms with Gasteiger partial charge >= 0.3 is 6.11 Å². The molecule has 7 heteroatoms. The summed E-state index contributed by atoms with van der Waals surface area (Å²) < 4.78 is 81.3. The van der Waals surface area contributed by atoms with Crippen molar-refractivity contribution in [2.75, 3.05) is 6.61 Å². The van der Waals surface area contributed by atoms with Crippen LogP contribution in [0.3, 0.4) is 0 Å². The molecule has 1 saturated carbocycles. The van der Waals surface area contributed by atoms with Crippen molar-refractivity contribution in [2.45, 2.75) is 63.1 Å². The number of hydrogen-bond acceptors (Lipinski definition) is 2. The number of alkyl halides is 4. The Bertz CT molecular complexity index is 748. The summed E-state index contributed by atoms with van der Waals surface area (Å²) in [5.41, 5.74) is -0.982. The summed E-state index contributed by atoms with van der Waals surface area (Å²) in [6.07, 6.45) is -1.99. The molecule has 0 amide bonds. The molecule has 2 fully saturated rings. The highest BCUT2D eigenvalue weighted by molar-refractivity contribution is 5.41. The molecule has 2 nitrogen and oxygen atoms in total. The molecule has 0 radical (unpaired) electrons. The summed E-state index contributed by atoms with van der Waals surface area (Å²) in [5.74, 6) is -1.94. The molecule has 1 aliphatic heterocycles. The predicted molar refractivity (Wildman–Crippen MR) is 104 cm³/mol. The number of ether oxygens (including phenoxy) is 2. The molecule has 1 aliphatic carbocycles. The van der Waals surface area contributed by atoms with Crippen LogP contribution in [0.2, 0.25) is 0 Å². The summed E-state index contributed by atoms with van der Waals surface area (Å²) in [6.45, 7) is 7.41. The molecular weight excluding hydrogens is 403 g/mol. The topological polar surface area (TPSA) is 18.5 Å². The van der Waals surface area contributed by atoms with Gasteiger partial charge in [0, 0.05) is 5.92 Å². The van der Waals surface area contributed by atoms with Gasteiger partial charge in [0.25, 0.3) is 6.43 Å². The quantitative estimate of drug-likeness (QED) is 0.337. The molecule has 30 heavy (non-hydrogen) atoms. The van der Waals surface area contributed by atoms with Crippen molar-refractivity contribution in [3.05, 3.63) is 54.4 Å². The SMILES string of the molecule is C=CC1CCC(c2ccc(OC(F)(F)C3CCC(C=C)CO3)c(C(F)F)c2F)CC1. The minimum atomic E-state index is -3.86. The molecule has 166 valence electrons. The van der Waals surface area contributed by atoms with E-state index in [4.69, 9.17) is 4.74 Å². The highest BCUT2D eigenvalue weighted by Gasteiger charge is 2.46. The Morgan fingerprint density at radius 3 is 2.17 bits per heavy atom. The van der Waals surface area contributed by atoms with E-state index in [0.29, 0.717) is 25.2 Å². The Balaban J connectivity index is 1.80. The molecule has 0 N–H and O–H groups in total. The molecule has 3 rings (SSSR count). The van der Waals surface area contributed by atoms with Gasteiger partial charge in [0.2, 0.25) is 0 Å². The van der Waals surface area contributed by atoms with Crippen molar-refractivity contribution in [1.82, 2.24) is 0 Å². The maximum Gasteiger partial charge on any atom is 0.424 e. The Labute approximate surface area is 173 Å². The smallest absolute Gasteiger partial charge is 0.424 e. The molecular formula is C23H27F5O2. The number of halogens is 5. The van der Waals surface area contributed by atoms with Gasteiger partial charge in [0.1, 0.15) is 11.6 Å². The second kappa shape index (κ2) is 9.50. The number of benzene rings is 1. The maximum atomic E-state index is 15.0. The first-order valence-corrected chi connectivity index (χ1v) is 10.3. The van der Waals surface area contributed by atoms with Crippen LogP contribution >= 0.6 is 0 Å². The summed E-state index contributed by atoms with van der Waals surface area (Å²) in [5, 5.41) is 0. The van der Waals surface area contributed by atoms with E-state index < -0.39 is 35.8 Å². The van der Waals surface area contributed by atoms with Gasteiger partial charge in [-0.3, -0.25) is 0 Å². The van der Waals surface area contributed by atoms with Crippen LogP contribution in [0.15, 0.2) is 37.4 Å². The second-order valence-corrected chi connectivity index (χ2v) is 8.09. The van der Waals surface area contributed by atoms with Crippen molar-refractivity contribution in [3.63, 3.8) is 0 Å². The molecule has 1 aromatic carbocycles. The molecule has 1 heterocycles. The maximum absolute atomic E-state index is 15.0. The summed E-state index contributed by atoms with van der Waals surface area (Å²) >= 11 is 0. The Hall–Kier alpha value is -1.89. The van der Waals surface area contributed by atoms with Gasteiger partial charge in [0.15, 0.2) is 6.10 Å². The average Bonchev–Trinajstić information content (AvgIpc) is 2.73. The lowest BCUT2D eigenvalue weighted by molar-refractivity contribution is -0.263. The van der Waals surface area contributed by atoms with Crippen LogP contribution in [0, 0.1) is 17.7 Å². The third-order valence-corrected chi connectivity index (χ3v) is 6.20. The zero-order chi connectivity index (χ0) is 21.9. The number of allylic oxidation sites excluding steroid dienone is 1. The second-order valence-electron chi connectivity index (χ2n) is 8.09. The fourth-order valence-corrected chi connectivity index (χ4v) is 4.30. The normalized spacial score (nSPS) is 27.7. The van der Waals surface area contributed by atoms with Gasteiger partial charge in [-0.05, 0) is 62.0 Å². The molecule has 1 saturated heterocycles. The zero-order valence-corrected chi connectivity index (χ0v) is 16.8. The van der Waals surface area contributed by atoms with E-state index in [-0.39, 0.29) is 30.4 Å². The first kappa shape index (κ1) is 22.8. The first-order valence-electron chi connectivity index (χ1n) is 10.3. The van der Waals surface area contributed by atoms with Crippen LogP contribution in [-0.2, 0) is 4.74 Å². The fraction of sp³-hybridized carbons (Fsp3) is 0.565. The lowest BCUT2D eigenvalue weighted by Crippen LogP contribution is -2.44. The Morgan fingerprint density at radius 1 is 1.00 bits per heavy atom. The van der Waals surface area contributed by atoms with Gasteiger partial charge in [-0.25, -0.2) is 13.2 Å². The Morgan fingerprint density at radius 2 is 1.63 bits per heavy atom. The lowest BCUT2D eigenvalue weighted by Gasteiger charge is -2.33. The average molecular weight is 430 g/mol. The third-order valence-electron chi connectivity index (χ3n) is 6.20. The van der Waals surface area contributed by atoms with E-state index in [9.17, 15) is 22.0 Å². The van der Waals surface area contributed by atoms with Crippen molar-refractivity contribution in [3.8, 4) is 5.75 Å². The van der Waals surface area contributed by atoms with Gasteiger partial charge in [0.05, 0.1) is 12.2 Å². The minimum Gasteiger partial charge on any atom is -0.430 e. The summed E-state index contributed by atoms with van der Waals surface area (Å²) in [7, 11) is 0. The van der Waals surface area contributed by atoms with E-state index in [1.807, 2.05) is 6.08 Å². The van der Waals surface area contributed by atoms with Crippen LogP contribution in [-0.4, -0.2) is 18.8 Å². The van der Waals surface area contributed by atoms with Gasteiger partial charge in [-0.1, -0.05) is 18.2 Å². The molecule has 2 aliphatic rings. The molecule has 1 aromatic rings. The summed E-state index contributed by atoms with van der Waals surface area (Å²) in [6, 6.07) is 2.32. The number of hydrogen-bond donors (Lipinski definition) is 0. The fourth-order valence-electron chi connectivity index (χ4n) is 4.30. The zero-order valence-electron chi connectivity index (χ0n) is 16.8. The van der Waals surface area contributed by atoms with E-state index in [1.165, 1.54) is 6.07 Å². The van der Waals surface area contributed by atoms with Crippen LogP contribution in [0.4, 0.5) is 22.0 Å². The Kier molecular flexibility index (Phi) is 7.22. The third kappa shape index (κ3) is 4.88. The van der Waals surface area contributed by atoms with Crippen LogP contribution in [0.1, 0.15) is 62.0 Å². The lowest BCUT2D eigenvalue weighted by atomic mass is 9.78. The van der Waals surface area contributed by atoms with Crippen molar-refractivity contribution in [1.29, 1.82) is 0 Å². The summed E-state index contributed by atoms with van der Waals surface area (Å²) in [4.78, 5) is 0. The predicted octanol–water partition coefficient (Wildman–Crippen LogP) is 7.18. The molecule has 0 spiro atoms. The van der Waals surface area contributed by atoms with Crippen LogP contribution in [0.5, 0.6) is 5.75 Å². The van der Waals surface area contributed by atoms with Gasteiger partial charge in [-0.2, -0.15) is 8.78 Å². The number of rotatable bonds is 7. The van der Waals surface area contributed by atoms with Crippen LogP contribution < -0.4 is 4.74 Å². The van der Waals surface area contributed by atoms with Crippen molar-refractivity contribution in [2.24, 2.45) is 11.8 Å². The van der Waals surface area contributed by atoms with Gasteiger partial charge in [-0.15, -0.1) is 13.2 Å². The molecule has 2 unspecified atom stereocenters. The molecule has 0 bridgehead atoms. The van der Waals surface area contributed by atoms with E-state index in [0.717, 1.165) is 18.9 Å². The highest BCUT2D eigenvalue weighted by atomic mass is 19.3. The van der Waals surface area contributed by atoms with Crippen LogP contribution in [0.25, 0.3) is 0 Å². The molecule has 2 atom stereocenters. The minimum absolute atomic E-state index is 0.0131. The van der Waals surface area contributed by atoms with E-state index >= 15 is 0 Å². The van der Waals surface area contributed by atoms with Gasteiger partial charge < -0.3 is 9.47 Å².